The zero-order chi connectivity index (χ0) is 13.1. The summed E-state index contributed by atoms with van der Waals surface area (Å²) < 4.78 is 0. The van der Waals surface area contributed by atoms with Crippen LogP contribution in [0.4, 0.5) is 11.4 Å². The molecule has 1 aromatic carbocycles. The van der Waals surface area contributed by atoms with Gasteiger partial charge in [0, 0.05) is 15.4 Å². The van der Waals surface area contributed by atoms with Crippen LogP contribution in [0.25, 0.3) is 0 Å². The molecule has 92 valence electrons. The minimum absolute atomic E-state index is 0.232. The van der Waals surface area contributed by atoms with Gasteiger partial charge in [0.2, 0.25) is 0 Å². The highest BCUT2D eigenvalue weighted by Crippen LogP contribution is 2.27. The molecule has 3 N–H and O–H groups in total. The Kier molecular flexibility index (Phi) is 3.54. The van der Waals surface area contributed by atoms with E-state index in [0.717, 1.165) is 5.69 Å². The highest BCUT2D eigenvalue weighted by atomic mass is 32.1. The van der Waals surface area contributed by atoms with E-state index < -0.39 is 0 Å². The zero-order valence-corrected chi connectivity index (χ0v) is 11.2. The van der Waals surface area contributed by atoms with Crippen LogP contribution in [0.5, 0.6) is 0 Å². The summed E-state index contributed by atoms with van der Waals surface area (Å²) in [5, 5.41) is 12.2. The molecule has 0 saturated heterocycles. The lowest BCUT2D eigenvalue weighted by atomic mass is 10.1. The minimum Gasteiger partial charge on any atom is -0.398 e. The molecule has 2 aromatic rings. The van der Waals surface area contributed by atoms with E-state index in [1.54, 1.807) is 23.5 Å². The normalized spacial score (nSPS) is 11.8. The van der Waals surface area contributed by atoms with Crippen LogP contribution in [-0.2, 0) is 0 Å². The fraction of sp³-hybridized carbons (Fsp3) is 0.214. The Bertz CT molecular complexity index is 595. The van der Waals surface area contributed by atoms with Crippen molar-refractivity contribution in [3.8, 4) is 6.07 Å². The van der Waals surface area contributed by atoms with Gasteiger partial charge in [0.05, 0.1) is 17.3 Å². The third-order valence-corrected chi connectivity index (χ3v) is 3.93. The van der Waals surface area contributed by atoms with Gasteiger partial charge in [-0.1, -0.05) is 0 Å². The number of hydrogen-bond donors (Lipinski definition) is 2. The second-order valence-electron chi connectivity index (χ2n) is 4.23. The molecule has 1 aromatic heterocycles. The van der Waals surface area contributed by atoms with Crippen molar-refractivity contribution in [3.63, 3.8) is 0 Å². The number of benzene rings is 1. The fourth-order valence-corrected chi connectivity index (χ4v) is 2.64. The van der Waals surface area contributed by atoms with Crippen LogP contribution in [0.15, 0.2) is 30.3 Å². The lowest BCUT2D eigenvalue weighted by molar-refractivity contribution is 0.908. The van der Waals surface area contributed by atoms with Gasteiger partial charge in [0.1, 0.15) is 6.07 Å². The van der Waals surface area contributed by atoms with Crippen LogP contribution < -0.4 is 11.1 Å². The molecule has 0 spiro atoms. The lowest BCUT2D eigenvalue weighted by Gasteiger charge is -2.14. The predicted octanol–water partition coefficient (Wildman–Crippen LogP) is 3.68. The third-order valence-electron chi connectivity index (χ3n) is 2.74. The molecule has 0 aliphatic carbocycles. The molecule has 0 radical (unpaired) electrons. The fourth-order valence-electron chi connectivity index (χ4n) is 1.76. The molecule has 0 amide bonds. The van der Waals surface area contributed by atoms with Gasteiger partial charge in [-0.3, -0.25) is 0 Å². The second kappa shape index (κ2) is 5.11. The van der Waals surface area contributed by atoms with Gasteiger partial charge in [0.15, 0.2) is 0 Å². The Hall–Kier alpha value is -1.99. The molecular formula is C14H15N3S. The first-order valence-electron chi connectivity index (χ1n) is 5.72. The standard InChI is InChI=1S/C14H15N3S/c1-9-3-6-14(18-9)10(2)17-12-5-4-11(8-15)13(16)7-12/h3-7,10,17H,16H2,1-2H3. The molecule has 0 fully saturated rings. The smallest absolute Gasteiger partial charge is 0.101 e. The number of anilines is 2. The first-order chi connectivity index (χ1) is 8.60. The van der Waals surface area contributed by atoms with Crippen LogP contribution in [-0.4, -0.2) is 0 Å². The Morgan fingerprint density at radius 2 is 2.11 bits per heavy atom. The summed E-state index contributed by atoms with van der Waals surface area (Å²) in [5.41, 5.74) is 7.75. The summed E-state index contributed by atoms with van der Waals surface area (Å²) in [6.07, 6.45) is 0. The molecule has 0 saturated carbocycles. The number of aryl methyl sites for hydroxylation is 1. The third kappa shape index (κ3) is 2.63. The van der Waals surface area contributed by atoms with Gasteiger partial charge < -0.3 is 11.1 Å². The van der Waals surface area contributed by atoms with Gasteiger partial charge in [-0.2, -0.15) is 5.26 Å². The minimum atomic E-state index is 0.232. The molecule has 0 bridgehead atoms. The molecule has 3 nitrogen and oxygen atoms in total. The van der Waals surface area contributed by atoms with Crippen LogP contribution >= 0.6 is 11.3 Å². The van der Waals surface area contributed by atoms with E-state index in [2.05, 4.69) is 37.4 Å². The molecule has 0 aliphatic rings. The van der Waals surface area contributed by atoms with Gasteiger partial charge in [-0.15, -0.1) is 11.3 Å². The van der Waals surface area contributed by atoms with Crippen LogP contribution in [0, 0.1) is 18.3 Å². The summed E-state index contributed by atoms with van der Waals surface area (Å²) in [6, 6.07) is 12.0. The Morgan fingerprint density at radius 1 is 1.33 bits per heavy atom. The van der Waals surface area contributed by atoms with Gasteiger partial charge in [-0.05, 0) is 44.2 Å². The van der Waals surface area contributed by atoms with Crippen LogP contribution in [0.3, 0.4) is 0 Å². The maximum absolute atomic E-state index is 8.82. The van der Waals surface area contributed by atoms with Gasteiger partial charge >= 0.3 is 0 Å². The van der Waals surface area contributed by atoms with Crippen molar-refractivity contribution < 1.29 is 0 Å². The van der Waals surface area contributed by atoms with Gasteiger partial charge in [-0.25, -0.2) is 0 Å². The summed E-state index contributed by atoms with van der Waals surface area (Å²) in [5.74, 6) is 0. The van der Waals surface area contributed by atoms with Crippen molar-refractivity contribution in [1.29, 1.82) is 5.26 Å². The van der Waals surface area contributed by atoms with Gasteiger partial charge in [0.25, 0.3) is 0 Å². The number of nitriles is 1. The highest BCUT2D eigenvalue weighted by molar-refractivity contribution is 7.12. The quantitative estimate of drug-likeness (QED) is 0.824. The van der Waals surface area contributed by atoms with E-state index in [1.165, 1.54) is 9.75 Å². The number of nitrogens with one attached hydrogen (secondary N) is 1. The molecule has 1 atom stereocenters. The van der Waals surface area contributed by atoms with Crippen molar-refractivity contribution >= 4 is 22.7 Å². The van der Waals surface area contributed by atoms with E-state index in [4.69, 9.17) is 11.0 Å². The van der Waals surface area contributed by atoms with Crippen LogP contribution in [0.1, 0.15) is 28.3 Å². The van der Waals surface area contributed by atoms with E-state index in [-0.39, 0.29) is 6.04 Å². The molecule has 1 heterocycles. The maximum atomic E-state index is 8.82. The van der Waals surface area contributed by atoms with E-state index >= 15 is 0 Å². The molecule has 2 rings (SSSR count). The number of thiophene rings is 1. The first kappa shape index (κ1) is 12.5. The number of hydrogen-bond acceptors (Lipinski definition) is 4. The Labute approximate surface area is 111 Å². The van der Waals surface area contributed by atoms with Crippen molar-refractivity contribution in [2.24, 2.45) is 0 Å². The number of nitrogen functional groups attached to an aromatic ring is 1. The topological polar surface area (TPSA) is 61.8 Å². The summed E-state index contributed by atoms with van der Waals surface area (Å²) in [7, 11) is 0. The molecule has 1 unspecified atom stereocenters. The van der Waals surface area contributed by atoms with Crippen molar-refractivity contribution in [3.05, 3.63) is 45.6 Å². The van der Waals surface area contributed by atoms with E-state index in [1.807, 2.05) is 6.07 Å². The average Bonchev–Trinajstić information content (AvgIpc) is 2.76. The summed E-state index contributed by atoms with van der Waals surface area (Å²) in [4.78, 5) is 2.59. The molecule has 4 heteroatoms. The molecule has 0 aliphatic heterocycles. The summed E-state index contributed by atoms with van der Waals surface area (Å²) in [6.45, 7) is 4.21. The Morgan fingerprint density at radius 3 is 2.67 bits per heavy atom. The molecular weight excluding hydrogens is 242 g/mol. The van der Waals surface area contributed by atoms with Crippen molar-refractivity contribution in [2.45, 2.75) is 19.9 Å². The summed E-state index contributed by atoms with van der Waals surface area (Å²) >= 11 is 1.78. The maximum Gasteiger partial charge on any atom is 0.101 e. The lowest BCUT2D eigenvalue weighted by Crippen LogP contribution is -2.05. The first-order valence-corrected chi connectivity index (χ1v) is 6.54. The second-order valence-corrected chi connectivity index (χ2v) is 5.55. The van der Waals surface area contributed by atoms with Crippen molar-refractivity contribution in [2.75, 3.05) is 11.1 Å². The van der Waals surface area contributed by atoms with Crippen LogP contribution in [0.2, 0.25) is 0 Å². The number of nitrogens with zero attached hydrogens (tertiary/aromatic N) is 1. The monoisotopic (exact) mass is 257 g/mol. The average molecular weight is 257 g/mol. The zero-order valence-electron chi connectivity index (χ0n) is 10.4. The van der Waals surface area contributed by atoms with E-state index in [0.29, 0.717) is 11.3 Å². The molecule has 18 heavy (non-hydrogen) atoms. The number of rotatable bonds is 3. The largest absolute Gasteiger partial charge is 0.398 e. The highest BCUT2D eigenvalue weighted by Gasteiger charge is 2.08. The Balaban J connectivity index is 2.15. The van der Waals surface area contributed by atoms with Crippen molar-refractivity contribution in [1.82, 2.24) is 0 Å². The van der Waals surface area contributed by atoms with E-state index in [9.17, 15) is 0 Å². The SMILES string of the molecule is Cc1ccc(C(C)Nc2ccc(C#N)c(N)c2)s1. The predicted molar refractivity (Wildman–Crippen MR) is 76.7 cm³/mol. The number of nitrogens with two attached hydrogens (primary N) is 1.